The molecule has 0 saturated heterocycles. The molecule has 1 unspecified atom stereocenters. The van der Waals surface area contributed by atoms with Crippen LogP contribution in [0.3, 0.4) is 0 Å². The van der Waals surface area contributed by atoms with Crippen LogP contribution in [-0.4, -0.2) is 63.0 Å². The SMILES string of the molecule is CCOC(=O)C1=C(CSc2nnc(-c3ccccc3)s2)Nc2nnnn2C1c1ccc(OC)c(OC)c1. The number of thioether (sulfide) groups is 1. The lowest BCUT2D eigenvalue weighted by Crippen LogP contribution is -2.31. The summed E-state index contributed by atoms with van der Waals surface area (Å²) in [6, 6.07) is 14.7. The molecule has 4 aromatic rings. The molecule has 37 heavy (non-hydrogen) atoms. The normalized spacial score (nSPS) is 14.6. The van der Waals surface area contributed by atoms with Crippen LogP contribution in [0.4, 0.5) is 5.95 Å². The van der Waals surface area contributed by atoms with Crippen molar-refractivity contribution >= 4 is 35.0 Å². The van der Waals surface area contributed by atoms with Crippen molar-refractivity contribution in [3.8, 4) is 22.1 Å². The Hall–Kier alpha value is -3.97. The third-order valence-corrected chi connectivity index (χ3v) is 7.72. The largest absolute Gasteiger partial charge is 0.493 e. The lowest BCUT2D eigenvalue weighted by molar-refractivity contribution is -0.139. The number of rotatable bonds is 9. The second-order valence-corrected chi connectivity index (χ2v) is 9.93. The van der Waals surface area contributed by atoms with Crippen LogP contribution < -0.4 is 14.8 Å². The highest BCUT2D eigenvalue weighted by Gasteiger charge is 2.36. The lowest BCUT2D eigenvalue weighted by Gasteiger charge is -2.28. The van der Waals surface area contributed by atoms with Crippen molar-refractivity contribution in [1.82, 2.24) is 30.4 Å². The van der Waals surface area contributed by atoms with Gasteiger partial charge in [-0.1, -0.05) is 64.6 Å². The maximum Gasteiger partial charge on any atom is 0.338 e. The van der Waals surface area contributed by atoms with Gasteiger partial charge in [0.05, 0.1) is 26.4 Å². The van der Waals surface area contributed by atoms with Crippen molar-refractivity contribution in [2.45, 2.75) is 17.3 Å². The van der Waals surface area contributed by atoms with Crippen molar-refractivity contribution in [2.75, 3.05) is 31.9 Å². The summed E-state index contributed by atoms with van der Waals surface area (Å²) in [5.41, 5.74) is 2.76. The number of methoxy groups -OCH3 is 2. The zero-order chi connectivity index (χ0) is 25.8. The predicted molar refractivity (Wildman–Crippen MR) is 139 cm³/mol. The summed E-state index contributed by atoms with van der Waals surface area (Å²) >= 11 is 2.95. The number of ether oxygens (including phenoxy) is 3. The maximum atomic E-state index is 13.3. The second-order valence-electron chi connectivity index (χ2n) is 7.73. The standard InChI is InChI=1S/C24H23N7O4S2/c1-4-35-22(32)19-16(13-36-24-28-26-21(37-24)14-8-6-5-7-9-14)25-23-27-29-30-31(23)20(19)15-10-11-17(33-2)18(12-15)34-3/h5-12,20H,4,13H2,1-3H3,(H,25,27,30). The Kier molecular flexibility index (Phi) is 7.32. The van der Waals surface area contributed by atoms with Crippen LogP contribution in [0.25, 0.3) is 10.6 Å². The first kappa shape index (κ1) is 24.7. The van der Waals surface area contributed by atoms with E-state index in [0.717, 1.165) is 20.5 Å². The molecule has 1 aliphatic heterocycles. The van der Waals surface area contributed by atoms with Crippen LogP contribution in [-0.2, 0) is 9.53 Å². The van der Waals surface area contributed by atoms with Crippen LogP contribution in [0.5, 0.6) is 11.5 Å². The number of nitrogens with zero attached hydrogens (tertiary/aromatic N) is 6. The van der Waals surface area contributed by atoms with E-state index in [4.69, 9.17) is 14.2 Å². The number of esters is 1. The van der Waals surface area contributed by atoms with Crippen LogP contribution in [0.2, 0.25) is 0 Å². The third kappa shape index (κ3) is 5.00. The molecule has 13 heteroatoms. The van der Waals surface area contributed by atoms with Gasteiger partial charge in [0.15, 0.2) is 15.8 Å². The number of benzene rings is 2. The molecule has 0 aliphatic carbocycles. The molecular formula is C24H23N7O4S2. The predicted octanol–water partition coefficient (Wildman–Crippen LogP) is 3.83. The number of tetrazole rings is 1. The second kappa shape index (κ2) is 11.0. The number of nitrogens with one attached hydrogen (secondary N) is 1. The quantitative estimate of drug-likeness (QED) is 0.247. The number of fused-ring (bicyclic) bond motifs is 1. The summed E-state index contributed by atoms with van der Waals surface area (Å²) in [6.45, 7) is 1.99. The minimum atomic E-state index is -0.644. The summed E-state index contributed by atoms with van der Waals surface area (Å²) in [5.74, 6) is 1.43. The number of hydrogen-bond donors (Lipinski definition) is 1. The first-order valence-electron chi connectivity index (χ1n) is 11.3. The fourth-order valence-corrected chi connectivity index (χ4v) is 5.75. The summed E-state index contributed by atoms with van der Waals surface area (Å²) in [7, 11) is 3.12. The van der Waals surface area contributed by atoms with Crippen molar-refractivity contribution in [1.29, 1.82) is 0 Å². The number of carbonyl (C=O) groups excluding carboxylic acids is 1. The highest BCUT2D eigenvalue weighted by atomic mass is 32.2. The van der Waals surface area contributed by atoms with Gasteiger partial charge in [-0.2, -0.15) is 4.68 Å². The van der Waals surface area contributed by atoms with Crippen LogP contribution in [0.1, 0.15) is 18.5 Å². The Morgan fingerprint density at radius 3 is 2.65 bits per heavy atom. The molecule has 2 aromatic carbocycles. The average Bonchev–Trinajstić information content (AvgIpc) is 3.61. The van der Waals surface area contributed by atoms with Gasteiger partial charge in [-0.05, 0) is 35.0 Å². The smallest absolute Gasteiger partial charge is 0.338 e. The van der Waals surface area contributed by atoms with E-state index < -0.39 is 12.0 Å². The molecule has 1 atom stereocenters. The summed E-state index contributed by atoms with van der Waals surface area (Å²) < 4.78 is 18.7. The fraction of sp³-hybridized carbons (Fsp3) is 0.250. The first-order chi connectivity index (χ1) is 18.1. The molecule has 0 radical (unpaired) electrons. The fourth-order valence-electron chi connectivity index (χ4n) is 3.93. The first-order valence-corrected chi connectivity index (χ1v) is 13.1. The van der Waals surface area contributed by atoms with E-state index in [2.05, 4.69) is 31.0 Å². The van der Waals surface area contributed by atoms with Gasteiger partial charge in [0.2, 0.25) is 5.95 Å². The minimum absolute atomic E-state index is 0.223. The summed E-state index contributed by atoms with van der Waals surface area (Å²) in [4.78, 5) is 13.3. The molecule has 190 valence electrons. The Labute approximate surface area is 220 Å². The van der Waals surface area contributed by atoms with Crippen molar-refractivity contribution < 1.29 is 19.0 Å². The summed E-state index contributed by atoms with van der Waals surface area (Å²) in [5, 5.41) is 24.8. The lowest BCUT2D eigenvalue weighted by atomic mass is 9.95. The average molecular weight is 538 g/mol. The Bertz CT molecular complexity index is 1440. The monoisotopic (exact) mass is 537 g/mol. The molecule has 1 N–H and O–H groups in total. The molecule has 3 heterocycles. The van der Waals surface area contributed by atoms with E-state index in [1.807, 2.05) is 36.4 Å². The molecule has 0 fully saturated rings. The van der Waals surface area contributed by atoms with Gasteiger partial charge in [0.1, 0.15) is 11.0 Å². The third-order valence-electron chi connectivity index (χ3n) is 5.58. The van der Waals surface area contributed by atoms with E-state index in [1.54, 1.807) is 38.0 Å². The Morgan fingerprint density at radius 1 is 1.08 bits per heavy atom. The summed E-state index contributed by atoms with van der Waals surface area (Å²) in [6.07, 6.45) is 0. The molecule has 1 aliphatic rings. The van der Waals surface area contributed by atoms with E-state index in [1.165, 1.54) is 23.1 Å². The van der Waals surface area contributed by atoms with Gasteiger partial charge in [-0.3, -0.25) is 0 Å². The van der Waals surface area contributed by atoms with Gasteiger partial charge in [0.25, 0.3) is 0 Å². The van der Waals surface area contributed by atoms with Crippen molar-refractivity contribution in [3.05, 3.63) is 65.4 Å². The van der Waals surface area contributed by atoms with Gasteiger partial charge < -0.3 is 19.5 Å². The van der Waals surface area contributed by atoms with Gasteiger partial charge >= 0.3 is 5.97 Å². The van der Waals surface area contributed by atoms with Gasteiger partial charge in [-0.15, -0.1) is 10.2 Å². The molecule has 0 amide bonds. The van der Waals surface area contributed by atoms with E-state index >= 15 is 0 Å². The molecule has 5 rings (SSSR count). The highest BCUT2D eigenvalue weighted by molar-refractivity contribution is 8.01. The van der Waals surface area contributed by atoms with Gasteiger partial charge in [0, 0.05) is 17.0 Å². The zero-order valence-corrected chi connectivity index (χ0v) is 21.9. The molecule has 0 saturated carbocycles. The molecule has 0 bridgehead atoms. The van der Waals surface area contributed by atoms with Gasteiger partial charge in [-0.25, -0.2) is 4.79 Å². The Morgan fingerprint density at radius 2 is 1.89 bits per heavy atom. The van der Waals surface area contributed by atoms with Crippen molar-refractivity contribution in [2.24, 2.45) is 0 Å². The topological polar surface area (TPSA) is 126 Å². The number of carbonyl (C=O) groups is 1. The number of hydrogen-bond acceptors (Lipinski definition) is 12. The molecular weight excluding hydrogens is 514 g/mol. The van der Waals surface area contributed by atoms with E-state index in [9.17, 15) is 4.79 Å². The van der Waals surface area contributed by atoms with E-state index in [0.29, 0.717) is 34.5 Å². The molecule has 2 aromatic heterocycles. The zero-order valence-electron chi connectivity index (χ0n) is 20.2. The minimum Gasteiger partial charge on any atom is -0.493 e. The van der Waals surface area contributed by atoms with Crippen LogP contribution >= 0.6 is 23.1 Å². The molecule has 0 spiro atoms. The van der Waals surface area contributed by atoms with Crippen LogP contribution in [0.15, 0.2) is 64.1 Å². The number of aromatic nitrogens is 6. The maximum absolute atomic E-state index is 13.3. The molecule has 11 nitrogen and oxygen atoms in total. The highest BCUT2D eigenvalue weighted by Crippen LogP contribution is 2.40. The van der Waals surface area contributed by atoms with Crippen LogP contribution in [0, 0.1) is 0 Å². The number of anilines is 1. The van der Waals surface area contributed by atoms with E-state index in [-0.39, 0.29) is 6.61 Å². The van der Waals surface area contributed by atoms with Crippen molar-refractivity contribution in [3.63, 3.8) is 0 Å². The Balaban J connectivity index is 1.52.